The molecule has 0 bridgehead atoms. The molecule has 0 aliphatic rings. The van der Waals surface area contributed by atoms with Crippen LogP contribution in [0.1, 0.15) is 18.9 Å². The highest BCUT2D eigenvalue weighted by Gasteiger charge is 2.32. The minimum absolute atomic E-state index is 0.249. The fraction of sp³-hybridized carbons (Fsp3) is 0.263. The smallest absolute Gasteiger partial charge is 0.306 e. The van der Waals surface area contributed by atoms with Gasteiger partial charge in [0.25, 0.3) is 5.91 Å². The second-order valence-corrected chi connectivity index (χ2v) is 6.36. The lowest BCUT2D eigenvalue weighted by Gasteiger charge is -2.30. The molecule has 1 atom stereocenters. The van der Waals surface area contributed by atoms with Crippen LogP contribution in [0.15, 0.2) is 48.5 Å². The van der Waals surface area contributed by atoms with Crippen LogP contribution in [0.2, 0.25) is 5.02 Å². The monoisotopic (exact) mass is 377 g/mol. The van der Waals surface area contributed by atoms with E-state index in [1.54, 1.807) is 55.5 Å². The highest BCUT2D eigenvalue weighted by Crippen LogP contribution is 2.28. The van der Waals surface area contributed by atoms with Crippen LogP contribution < -0.4 is 14.8 Å². The maximum absolute atomic E-state index is 12.3. The molecule has 0 heterocycles. The van der Waals surface area contributed by atoms with Gasteiger partial charge in [0.2, 0.25) is 0 Å². The summed E-state index contributed by atoms with van der Waals surface area (Å²) in [4.78, 5) is 23.6. The molecule has 1 unspecified atom stereocenters. The van der Waals surface area contributed by atoms with E-state index in [0.29, 0.717) is 22.1 Å². The Morgan fingerprint density at radius 2 is 1.85 bits per heavy atom. The summed E-state index contributed by atoms with van der Waals surface area (Å²) in [5, 5.41) is 12.6. The molecule has 0 aliphatic heterocycles. The van der Waals surface area contributed by atoms with Crippen molar-refractivity contribution in [2.24, 2.45) is 0 Å². The van der Waals surface area contributed by atoms with E-state index in [2.05, 4.69) is 5.32 Å². The summed E-state index contributed by atoms with van der Waals surface area (Å²) in [5.41, 5.74) is -0.486. The molecule has 7 heteroatoms. The number of carbonyl (C=O) groups excluding carboxylic acids is 1. The molecule has 0 radical (unpaired) electrons. The number of carboxylic acid groups (broad SMARTS) is 1. The Balaban J connectivity index is 2.11. The Morgan fingerprint density at radius 1 is 1.15 bits per heavy atom. The first-order valence-corrected chi connectivity index (χ1v) is 8.26. The van der Waals surface area contributed by atoms with Crippen molar-refractivity contribution in [2.45, 2.75) is 18.9 Å². The van der Waals surface area contributed by atoms with Gasteiger partial charge in [-0.05, 0) is 48.9 Å². The molecule has 2 aromatic rings. The lowest BCUT2D eigenvalue weighted by molar-refractivity contribution is -0.139. The summed E-state index contributed by atoms with van der Waals surface area (Å²) in [6, 6.07) is 13.5. The number of benzene rings is 2. The summed E-state index contributed by atoms with van der Waals surface area (Å²) in [6.45, 7) is 1.40. The van der Waals surface area contributed by atoms with Crippen LogP contribution >= 0.6 is 11.6 Å². The number of halogens is 1. The lowest BCUT2D eigenvalue weighted by atomic mass is 9.88. The van der Waals surface area contributed by atoms with Gasteiger partial charge < -0.3 is 19.9 Å². The van der Waals surface area contributed by atoms with Crippen LogP contribution in [0.4, 0.5) is 0 Å². The van der Waals surface area contributed by atoms with E-state index in [9.17, 15) is 14.7 Å². The van der Waals surface area contributed by atoms with Gasteiger partial charge in [-0.25, -0.2) is 0 Å². The van der Waals surface area contributed by atoms with Crippen molar-refractivity contribution in [2.75, 3.05) is 13.7 Å². The van der Waals surface area contributed by atoms with Crippen molar-refractivity contribution in [1.82, 2.24) is 5.32 Å². The number of rotatable bonds is 8. The third-order valence-electron chi connectivity index (χ3n) is 3.81. The van der Waals surface area contributed by atoms with Crippen LogP contribution in [0.3, 0.4) is 0 Å². The normalized spacial score (nSPS) is 12.7. The number of carboxylic acids is 1. The van der Waals surface area contributed by atoms with Gasteiger partial charge in [0, 0.05) is 5.02 Å². The first-order valence-electron chi connectivity index (χ1n) is 7.88. The van der Waals surface area contributed by atoms with E-state index in [4.69, 9.17) is 21.1 Å². The van der Waals surface area contributed by atoms with E-state index in [0.717, 1.165) is 0 Å². The summed E-state index contributed by atoms with van der Waals surface area (Å²) in [7, 11) is 1.52. The number of amides is 1. The van der Waals surface area contributed by atoms with Crippen LogP contribution in [0, 0.1) is 0 Å². The van der Waals surface area contributed by atoms with E-state index >= 15 is 0 Å². The van der Waals surface area contributed by atoms with Gasteiger partial charge in [0.1, 0.15) is 11.5 Å². The predicted molar refractivity (Wildman–Crippen MR) is 97.7 cm³/mol. The minimum Gasteiger partial charge on any atom is -0.497 e. The van der Waals surface area contributed by atoms with E-state index in [1.165, 1.54) is 7.11 Å². The highest BCUT2D eigenvalue weighted by molar-refractivity contribution is 6.30. The molecule has 0 saturated heterocycles. The van der Waals surface area contributed by atoms with E-state index < -0.39 is 17.4 Å². The predicted octanol–water partition coefficient (Wildman–Crippen LogP) is 3.23. The van der Waals surface area contributed by atoms with Gasteiger partial charge >= 0.3 is 5.97 Å². The topological polar surface area (TPSA) is 84.9 Å². The maximum atomic E-state index is 12.3. The summed E-state index contributed by atoms with van der Waals surface area (Å²) in [5.74, 6) is -0.405. The first-order chi connectivity index (χ1) is 12.3. The molecule has 2 aromatic carbocycles. The number of ether oxygens (including phenoxy) is 2. The van der Waals surface area contributed by atoms with Crippen LogP contribution in [-0.4, -0.2) is 30.7 Å². The summed E-state index contributed by atoms with van der Waals surface area (Å²) < 4.78 is 10.6. The maximum Gasteiger partial charge on any atom is 0.306 e. The number of methoxy groups -OCH3 is 1. The molecule has 2 rings (SSSR count). The van der Waals surface area contributed by atoms with Gasteiger partial charge in [-0.3, -0.25) is 9.59 Å². The fourth-order valence-corrected chi connectivity index (χ4v) is 2.64. The zero-order chi connectivity index (χ0) is 19.2. The highest BCUT2D eigenvalue weighted by atomic mass is 35.5. The third kappa shape index (κ3) is 5.39. The number of carbonyl (C=O) groups is 2. The molecule has 0 saturated carbocycles. The molecule has 138 valence electrons. The number of aliphatic carboxylic acids is 1. The quantitative estimate of drug-likeness (QED) is 0.737. The zero-order valence-corrected chi connectivity index (χ0v) is 15.2. The molecule has 0 aliphatic carbocycles. The minimum atomic E-state index is -1.11. The van der Waals surface area contributed by atoms with Crippen LogP contribution in [0.25, 0.3) is 0 Å². The Kier molecular flexibility index (Phi) is 6.46. The van der Waals surface area contributed by atoms with Crippen molar-refractivity contribution < 1.29 is 24.2 Å². The average Bonchev–Trinajstić information content (AvgIpc) is 2.60. The molecule has 0 aromatic heterocycles. The Hall–Kier alpha value is -2.73. The second kappa shape index (κ2) is 8.58. The van der Waals surface area contributed by atoms with Gasteiger partial charge in [0.15, 0.2) is 6.61 Å². The number of hydrogen-bond acceptors (Lipinski definition) is 4. The van der Waals surface area contributed by atoms with Gasteiger partial charge in [-0.2, -0.15) is 0 Å². The average molecular weight is 378 g/mol. The third-order valence-corrected chi connectivity index (χ3v) is 4.06. The Labute approximate surface area is 156 Å². The molecule has 26 heavy (non-hydrogen) atoms. The Morgan fingerprint density at radius 3 is 2.46 bits per heavy atom. The molecule has 6 nitrogen and oxygen atoms in total. The van der Waals surface area contributed by atoms with E-state index in [-0.39, 0.29) is 13.0 Å². The van der Waals surface area contributed by atoms with E-state index in [1.807, 2.05) is 0 Å². The van der Waals surface area contributed by atoms with Crippen LogP contribution in [0.5, 0.6) is 11.5 Å². The second-order valence-electron chi connectivity index (χ2n) is 5.93. The van der Waals surface area contributed by atoms with Gasteiger partial charge in [-0.1, -0.05) is 23.7 Å². The molecular weight excluding hydrogens is 358 g/mol. The van der Waals surface area contributed by atoms with Crippen molar-refractivity contribution in [1.29, 1.82) is 0 Å². The fourth-order valence-electron chi connectivity index (χ4n) is 2.51. The standard InChI is InChI=1S/C19H20ClNO5/c1-19(11-18(23)24,13-4-3-5-16(10-13)25-2)21-17(22)12-26-15-8-6-14(20)7-9-15/h3-10H,11-12H2,1-2H3,(H,21,22)(H,23,24). The van der Waals surface area contributed by atoms with Crippen molar-refractivity contribution >= 4 is 23.5 Å². The zero-order valence-electron chi connectivity index (χ0n) is 14.5. The first kappa shape index (κ1) is 19.6. The SMILES string of the molecule is COc1cccc(C(C)(CC(=O)O)NC(=O)COc2ccc(Cl)cc2)c1. The van der Waals surface area contributed by atoms with Crippen LogP contribution in [-0.2, 0) is 15.1 Å². The molecular formula is C19H20ClNO5. The summed E-state index contributed by atoms with van der Waals surface area (Å²) >= 11 is 5.80. The molecule has 0 spiro atoms. The number of nitrogens with one attached hydrogen (secondary N) is 1. The van der Waals surface area contributed by atoms with Gasteiger partial charge in [-0.15, -0.1) is 0 Å². The number of hydrogen-bond donors (Lipinski definition) is 2. The largest absolute Gasteiger partial charge is 0.497 e. The van der Waals surface area contributed by atoms with Crippen molar-refractivity contribution in [3.8, 4) is 11.5 Å². The summed E-state index contributed by atoms with van der Waals surface area (Å²) in [6.07, 6.45) is -0.285. The Bertz CT molecular complexity index is 778. The lowest BCUT2D eigenvalue weighted by Crippen LogP contribution is -2.46. The molecule has 1 amide bonds. The van der Waals surface area contributed by atoms with Crippen molar-refractivity contribution in [3.63, 3.8) is 0 Å². The molecule has 0 fully saturated rings. The molecule has 2 N–H and O–H groups in total. The van der Waals surface area contributed by atoms with Crippen molar-refractivity contribution in [3.05, 3.63) is 59.1 Å². The van der Waals surface area contributed by atoms with Gasteiger partial charge in [0.05, 0.1) is 19.1 Å².